The molecule has 3 rings (SSSR count). The van der Waals surface area contributed by atoms with Gasteiger partial charge in [0.1, 0.15) is 5.82 Å². The fourth-order valence-electron chi connectivity index (χ4n) is 2.38. The van der Waals surface area contributed by atoms with Crippen LogP contribution in [0.5, 0.6) is 0 Å². The molecule has 3 aromatic rings. The first-order chi connectivity index (χ1) is 11.1. The first-order valence-electron chi connectivity index (χ1n) is 6.99. The second-order valence-corrected chi connectivity index (χ2v) is 5.22. The standard InChI is InChI=1S/C17H13FN4O/c1-11-6-14(18)3-2-13(11)8-15-9-17(23)22(21-15)16-7-12(10-19)4-5-20-16/h2-7,9,21H,8H2,1H3. The number of aromatic nitrogens is 3. The third kappa shape index (κ3) is 3.04. The number of hydrogen-bond acceptors (Lipinski definition) is 3. The molecule has 2 aromatic heterocycles. The summed E-state index contributed by atoms with van der Waals surface area (Å²) in [5.41, 5.74) is 2.60. The molecule has 0 saturated heterocycles. The molecule has 0 bridgehead atoms. The SMILES string of the molecule is Cc1cc(F)ccc1Cc1cc(=O)n(-c2cc(C#N)ccn2)[nH]1. The van der Waals surface area contributed by atoms with Crippen molar-refractivity contribution >= 4 is 0 Å². The van der Waals surface area contributed by atoms with Crippen molar-refractivity contribution in [2.24, 2.45) is 0 Å². The Labute approximate surface area is 131 Å². The van der Waals surface area contributed by atoms with Crippen molar-refractivity contribution in [2.75, 3.05) is 0 Å². The van der Waals surface area contributed by atoms with Crippen molar-refractivity contribution in [1.29, 1.82) is 5.26 Å². The van der Waals surface area contributed by atoms with Gasteiger partial charge in [0, 0.05) is 30.4 Å². The monoisotopic (exact) mass is 308 g/mol. The van der Waals surface area contributed by atoms with E-state index >= 15 is 0 Å². The van der Waals surface area contributed by atoms with Gasteiger partial charge in [-0.1, -0.05) is 6.07 Å². The molecule has 0 fully saturated rings. The maximum absolute atomic E-state index is 13.2. The Bertz CT molecular complexity index is 965. The smallest absolute Gasteiger partial charge is 0.272 e. The Kier molecular flexibility index (Phi) is 3.77. The van der Waals surface area contributed by atoms with E-state index in [1.54, 1.807) is 12.1 Å². The van der Waals surface area contributed by atoms with Crippen molar-refractivity contribution in [1.82, 2.24) is 14.8 Å². The van der Waals surface area contributed by atoms with Crippen molar-refractivity contribution in [3.05, 3.63) is 81.2 Å². The minimum atomic E-state index is -0.283. The number of nitrogens with zero attached hydrogens (tertiary/aromatic N) is 3. The summed E-state index contributed by atoms with van der Waals surface area (Å²) in [6.07, 6.45) is 1.96. The molecule has 0 saturated carbocycles. The van der Waals surface area contributed by atoms with Gasteiger partial charge < -0.3 is 0 Å². The highest BCUT2D eigenvalue weighted by Crippen LogP contribution is 2.14. The van der Waals surface area contributed by atoms with E-state index in [-0.39, 0.29) is 11.4 Å². The van der Waals surface area contributed by atoms with E-state index in [4.69, 9.17) is 5.26 Å². The molecule has 0 aliphatic rings. The molecule has 0 aliphatic carbocycles. The van der Waals surface area contributed by atoms with E-state index in [0.717, 1.165) is 11.1 Å². The molecule has 0 amide bonds. The van der Waals surface area contributed by atoms with E-state index in [1.807, 2.05) is 13.0 Å². The molecule has 1 aromatic carbocycles. The molecule has 0 unspecified atom stereocenters. The third-order valence-corrected chi connectivity index (χ3v) is 3.56. The van der Waals surface area contributed by atoms with Crippen molar-refractivity contribution in [2.45, 2.75) is 13.3 Å². The van der Waals surface area contributed by atoms with Gasteiger partial charge in [-0.3, -0.25) is 9.89 Å². The van der Waals surface area contributed by atoms with E-state index in [1.165, 1.54) is 35.1 Å². The van der Waals surface area contributed by atoms with Crippen molar-refractivity contribution in [3.63, 3.8) is 0 Å². The number of hydrogen-bond donors (Lipinski definition) is 1. The minimum Gasteiger partial charge on any atom is -0.293 e. The first-order valence-corrected chi connectivity index (χ1v) is 6.99. The third-order valence-electron chi connectivity index (χ3n) is 3.56. The van der Waals surface area contributed by atoms with Crippen LogP contribution in [0.4, 0.5) is 4.39 Å². The summed E-state index contributed by atoms with van der Waals surface area (Å²) in [4.78, 5) is 16.2. The molecule has 5 nitrogen and oxygen atoms in total. The number of aromatic amines is 1. The van der Waals surface area contributed by atoms with Crippen molar-refractivity contribution < 1.29 is 4.39 Å². The average Bonchev–Trinajstić information content (AvgIpc) is 2.91. The van der Waals surface area contributed by atoms with Crippen LogP contribution in [-0.4, -0.2) is 14.8 Å². The Morgan fingerprint density at radius 2 is 2.13 bits per heavy atom. The van der Waals surface area contributed by atoms with Crippen LogP contribution in [0.25, 0.3) is 5.82 Å². The molecular formula is C17H13FN4O. The highest BCUT2D eigenvalue weighted by atomic mass is 19.1. The Hall–Kier alpha value is -3.20. The van der Waals surface area contributed by atoms with E-state index in [2.05, 4.69) is 10.1 Å². The Balaban J connectivity index is 1.95. The molecule has 6 heteroatoms. The topological polar surface area (TPSA) is 74.5 Å². The molecule has 2 heterocycles. The second-order valence-electron chi connectivity index (χ2n) is 5.22. The number of H-pyrrole nitrogens is 1. The summed E-state index contributed by atoms with van der Waals surface area (Å²) >= 11 is 0. The van der Waals surface area contributed by atoms with Gasteiger partial charge in [0.25, 0.3) is 5.56 Å². The van der Waals surface area contributed by atoms with Gasteiger partial charge in [0.15, 0.2) is 5.82 Å². The van der Waals surface area contributed by atoms with Crippen LogP contribution in [0.15, 0.2) is 47.4 Å². The van der Waals surface area contributed by atoms with E-state index in [0.29, 0.717) is 23.5 Å². The zero-order chi connectivity index (χ0) is 16.4. The predicted octanol–water partition coefficient (Wildman–Crippen LogP) is 2.47. The molecule has 114 valence electrons. The van der Waals surface area contributed by atoms with Gasteiger partial charge >= 0.3 is 0 Å². The number of aryl methyl sites for hydroxylation is 1. The number of benzene rings is 1. The number of nitrogens with one attached hydrogen (secondary N) is 1. The predicted molar refractivity (Wildman–Crippen MR) is 82.8 cm³/mol. The second kappa shape index (κ2) is 5.89. The highest BCUT2D eigenvalue weighted by Gasteiger charge is 2.09. The number of pyridine rings is 1. The number of halogens is 1. The quantitative estimate of drug-likeness (QED) is 0.807. The molecule has 0 radical (unpaired) electrons. The lowest BCUT2D eigenvalue weighted by atomic mass is 10.0. The molecule has 0 spiro atoms. The van der Waals surface area contributed by atoms with Gasteiger partial charge in [-0.05, 0) is 36.2 Å². The summed E-state index contributed by atoms with van der Waals surface area (Å²) in [5, 5.41) is 11.9. The molecule has 1 N–H and O–H groups in total. The van der Waals surface area contributed by atoms with Gasteiger partial charge in [0.2, 0.25) is 0 Å². The van der Waals surface area contributed by atoms with Crippen LogP contribution in [0.3, 0.4) is 0 Å². The maximum Gasteiger partial charge on any atom is 0.272 e. The lowest BCUT2D eigenvalue weighted by Gasteiger charge is -2.05. The fourth-order valence-corrected chi connectivity index (χ4v) is 2.38. The fraction of sp³-hybridized carbons (Fsp3) is 0.118. The zero-order valence-electron chi connectivity index (χ0n) is 12.4. The van der Waals surface area contributed by atoms with Gasteiger partial charge in [0.05, 0.1) is 11.6 Å². The Morgan fingerprint density at radius 3 is 2.87 bits per heavy atom. The summed E-state index contributed by atoms with van der Waals surface area (Å²) in [6, 6.07) is 11.2. The van der Waals surface area contributed by atoms with Crippen LogP contribution < -0.4 is 5.56 Å². The summed E-state index contributed by atoms with van der Waals surface area (Å²) < 4.78 is 14.4. The highest BCUT2D eigenvalue weighted by molar-refractivity contribution is 5.35. The summed E-state index contributed by atoms with van der Waals surface area (Å²) in [6.45, 7) is 1.82. The molecule has 23 heavy (non-hydrogen) atoms. The van der Waals surface area contributed by atoms with Crippen LogP contribution in [0.1, 0.15) is 22.4 Å². The lowest BCUT2D eigenvalue weighted by molar-refractivity contribution is 0.625. The summed E-state index contributed by atoms with van der Waals surface area (Å²) in [5.74, 6) is 0.0750. The molecular weight excluding hydrogens is 295 g/mol. The molecule has 0 atom stereocenters. The zero-order valence-corrected chi connectivity index (χ0v) is 12.4. The van der Waals surface area contributed by atoms with Crippen LogP contribution in [0.2, 0.25) is 0 Å². The Morgan fingerprint density at radius 1 is 1.30 bits per heavy atom. The number of rotatable bonds is 3. The number of nitriles is 1. The van der Waals surface area contributed by atoms with Crippen LogP contribution >= 0.6 is 0 Å². The van der Waals surface area contributed by atoms with Crippen LogP contribution in [-0.2, 0) is 6.42 Å². The largest absolute Gasteiger partial charge is 0.293 e. The van der Waals surface area contributed by atoms with E-state index in [9.17, 15) is 9.18 Å². The summed E-state index contributed by atoms with van der Waals surface area (Å²) in [7, 11) is 0. The first kappa shape index (κ1) is 14.7. The van der Waals surface area contributed by atoms with Gasteiger partial charge in [-0.15, -0.1) is 0 Å². The average molecular weight is 308 g/mol. The molecule has 0 aliphatic heterocycles. The van der Waals surface area contributed by atoms with Gasteiger partial charge in [-0.2, -0.15) is 5.26 Å². The van der Waals surface area contributed by atoms with Crippen LogP contribution in [0, 0.1) is 24.1 Å². The van der Waals surface area contributed by atoms with Crippen molar-refractivity contribution in [3.8, 4) is 11.9 Å². The minimum absolute atomic E-state index is 0.262. The maximum atomic E-state index is 13.2. The lowest BCUT2D eigenvalue weighted by Crippen LogP contribution is -2.14. The van der Waals surface area contributed by atoms with E-state index < -0.39 is 0 Å². The van der Waals surface area contributed by atoms with Gasteiger partial charge in [-0.25, -0.2) is 14.1 Å². The normalized spacial score (nSPS) is 10.5.